The molecule has 27 heavy (non-hydrogen) atoms. The Morgan fingerprint density at radius 1 is 1.26 bits per heavy atom. The molecule has 0 saturated carbocycles. The van der Waals surface area contributed by atoms with Crippen molar-refractivity contribution in [1.82, 2.24) is 15.1 Å². The fourth-order valence-electron chi connectivity index (χ4n) is 2.83. The summed E-state index contributed by atoms with van der Waals surface area (Å²) in [5.74, 6) is -0.201. The van der Waals surface area contributed by atoms with Gasteiger partial charge in [0.15, 0.2) is 0 Å². The minimum atomic E-state index is -0.481. The number of hydrogen-bond acceptors (Lipinski definition) is 6. The summed E-state index contributed by atoms with van der Waals surface area (Å²) in [5, 5.41) is 16.2. The lowest BCUT2D eigenvalue weighted by Crippen LogP contribution is -2.54. The van der Waals surface area contributed by atoms with E-state index >= 15 is 0 Å². The van der Waals surface area contributed by atoms with E-state index in [4.69, 9.17) is 0 Å². The number of hydrogen-bond donors (Lipinski definition) is 2. The summed E-state index contributed by atoms with van der Waals surface area (Å²) in [5.41, 5.74) is 0.504. The number of nitro groups is 1. The zero-order valence-corrected chi connectivity index (χ0v) is 15.4. The van der Waals surface area contributed by atoms with Crippen molar-refractivity contribution in [3.05, 3.63) is 47.0 Å². The van der Waals surface area contributed by atoms with Crippen LogP contribution in [-0.4, -0.2) is 71.8 Å². The van der Waals surface area contributed by atoms with Crippen LogP contribution in [-0.2, 0) is 9.59 Å². The van der Waals surface area contributed by atoms with Gasteiger partial charge in [-0.15, -0.1) is 6.58 Å². The zero-order valence-electron chi connectivity index (χ0n) is 15.4. The molecular formula is C18H25N5O4. The smallest absolute Gasteiger partial charge is 0.269 e. The Labute approximate surface area is 158 Å². The van der Waals surface area contributed by atoms with Gasteiger partial charge in [0.1, 0.15) is 0 Å². The fourth-order valence-corrected chi connectivity index (χ4v) is 2.83. The molecule has 146 valence electrons. The summed E-state index contributed by atoms with van der Waals surface area (Å²) in [6.07, 6.45) is 1.64. The van der Waals surface area contributed by atoms with Crippen molar-refractivity contribution in [3.63, 3.8) is 0 Å². The van der Waals surface area contributed by atoms with Gasteiger partial charge >= 0.3 is 0 Å². The summed E-state index contributed by atoms with van der Waals surface area (Å²) in [6.45, 7) is 8.96. The first kappa shape index (κ1) is 20.5. The number of non-ortho nitro benzene ring substituents is 1. The minimum absolute atomic E-state index is 0.0192. The maximum Gasteiger partial charge on any atom is 0.269 e. The molecule has 0 unspecified atom stereocenters. The molecule has 1 heterocycles. The molecule has 1 aliphatic rings. The molecule has 2 amide bonds. The van der Waals surface area contributed by atoms with E-state index in [1.165, 1.54) is 24.3 Å². The summed E-state index contributed by atoms with van der Waals surface area (Å²) in [4.78, 5) is 38.5. The minimum Gasteiger partial charge on any atom is -0.352 e. The third-order valence-corrected chi connectivity index (χ3v) is 4.49. The topological polar surface area (TPSA) is 108 Å². The molecule has 1 aliphatic heterocycles. The molecule has 1 atom stereocenters. The number of carbonyl (C=O) groups is 2. The molecule has 9 nitrogen and oxygen atoms in total. The van der Waals surface area contributed by atoms with Gasteiger partial charge < -0.3 is 10.6 Å². The Kier molecular flexibility index (Phi) is 7.44. The Bertz CT molecular complexity index is 683. The number of anilines is 1. The van der Waals surface area contributed by atoms with Crippen molar-refractivity contribution >= 4 is 23.2 Å². The van der Waals surface area contributed by atoms with Crippen LogP contribution < -0.4 is 10.6 Å². The van der Waals surface area contributed by atoms with Crippen LogP contribution in [0.5, 0.6) is 0 Å². The van der Waals surface area contributed by atoms with Crippen LogP contribution in [0.3, 0.4) is 0 Å². The second-order valence-corrected chi connectivity index (χ2v) is 6.37. The van der Waals surface area contributed by atoms with Crippen molar-refractivity contribution < 1.29 is 14.5 Å². The van der Waals surface area contributed by atoms with E-state index in [2.05, 4.69) is 27.0 Å². The second kappa shape index (κ2) is 9.79. The highest BCUT2D eigenvalue weighted by Gasteiger charge is 2.26. The first-order valence-electron chi connectivity index (χ1n) is 8.80. The Hall–Kier alpha value is -2.78. The molecule has 1 aromatic carbocycles. The van der Waals surface area contributed by atoms with Crippen LogP contribution >= 0.6 is 0 Å². The maximum atomic E-state index is 12.4. The van der Waals surface area contributed by atoms with E-state index in [0.29, 0.717) is 45.0 Å². The van der Waals surface area contributed by atoms with Gasteiger partial charge in [-0.25, -0.2) is 0 Å². The van der Waals surface area contributed by atoms with E-state index in [9.17, 15) is 19.7 Å². The lowest BCUT2D eigenvalue weighted by Gasteiger charge is -2.37. The molecule has 1 saturated heterocycles. The highest BCUT2D eigenvalue weighted by molar-refractivity contribution is 5.94. The van der Waals surface area contributed by atoms with Gasteiger partial charge in [-0.1, -0.05) is 6.08 Å². The van der Waals surface area contributed by atoms with E-state index < -0.39 is 4.92 Å². The molecule has 0 aromatic heterocycles. The van der Waals surface area contributed by atoms with Gasteiger partial charge in [-0.05, 0) is 19.1 Å². The van der Waals surface area contributed by atoms with E-state index in [0.717, 1.165) is 0 Å². The Morgan fingerprint density at radius 2 is 1.89 bits per heavy atom. The second-order valence-electron chi connectivity index (χ2n) is 6.37. The monoisotopic (exact) mass is 375 g/mol. The van der Waals surface area contributed by atoms with Gasteiger partial charge in [-0.2, -0.15) is 0 Å². The zero-order chi connectivity index (χ0) is 19.8. The van der Waals surface area contributed by atoms with E-state index in [-0.39, 0.29) is 23.5 Å². The quantitative estimate of drug-likeness (QED) is 0.396. The molecule has 2 rings (SSSR count). The average molecular weight is 375 g/mol. The standard InChI is InChI=1S/C18H25N5O4/c1-3-8-19-17(24)13-21-9-11-22(12-10-21)14(2)18(25)20-15-4-6-16(7-5-15)23(26)27/h3-7,14H,1,8-13H2,2H3,(H,19,24)(H,20,25)/t14-/m1/s1. The SMILES string of the molecule is C=CCNC(=O)CN1CCN([C@H](C)C(=O)Nc2ccc([N+](=O)[O-])cc2)CC1. The van der Waals surface area contributed by atoms with Gasteiger partial charge in [0.05, 0.1) is 17.5 Å². The third-order valence-electron chi connectivity index (χ3n) is 4.49. The first-order chi connectivity index (χ1) is 12.9. The van der Waals surface area contributed by atoms with Gasteiger partial charge in [0, 0.05) is 50.5 Å². The van der Waals surface area contributed by atoms with Crippen LogP contribution in [0.2, 0.25) is 0 Å². The third kappa shape index (κ3) is 6.15. The molecule has 1 fully saturated rings. The number of carbonyl (C=O) groups excluding carboxylic acids is 2. The fraction of sp³-hybridized carbons (Fsp3) is 0.444. The van der Waals surface area contributed by atoms with Gasteiger partial charge in [0.25, 0.3) is 5.69 Å². The van der Waals surface area contributed by atoms with E-state index in [1.54, 1.807) is 6.08 Å². The molecule has 0 bridgehead atoms. The molecule has 1 aromatic rings. The summed E-state index contributed by atoms with van der Waals surface area (Å²) in [7, 11) is 0. The van der Waals surface area contributed by atoms with E-state index in [1.807, 2.05) is 6.92 Å². The normalized spacial score (nSPS) is 16.3. The van der Waals surface area contributed by atoms with Crippen molar-refractivity contribution in [2.75, 3.05) is 44.6 Å². The predicted molar refractivity (Wildman–Crippen MR) is 102 cm³/mol. The predicted octanol–water partition coefficient (Wildman–Crippen LogP) is 0.842. The summed E-state index contributed by atoms with van der Waals surface area (Å²) in [6, 6.07) is 5.41. The molecule has 9 heteroatoms. The van der Waals surface area contributed by atoms with Crippen molar-refractivity contribution in [2.45, 2.75) is 13.0 Å². The number of nitro benzene ring substituents is 1. The molecule has 2 N–H and O–H groups in total. The maximum absolute atomic E-state index is 12.4. The van der Waals surface area contributed by atoms with Crippen molar-refractivity contribution in [2.24, 2.45) is 0 Å². The highest BCUT2D eigenvalue weighted by atomic mass is 16.6. The Morgan fingerprint density at radius 3 is 2.44 bits per heavy atom. The van der Waals surface area contributed by atoms with Crippen molar-refractivity contribution in [1.29, 1.82) is 0 Å². The molecule has 0 spiro atoms. The van der Waals surface area contributed by atoms with Crippen LogP contribution in [0.1, 0.15) is 6.92 Å². The number of nitrogens with zero attached hydrogens (tertiary/aromatic N) is 3. The number of benzene rings is 1. The van der Waals surface area contributed by atoms with Crippen LogP contribution in [0, 0.1) is 10.1 Å². The van der Waals surface area contributed by atoms with Gasteiger partial charge in [-0.3, -0.25) is 29.5 Å². The van der Waals surface area contributed by atoms with Crippen LogP contribution in [0.15, 0.2) is 36.9 Å². The summed E-state index contributed by atoms with van der Waals surface area (Å²) < 4.78 is 0. The van der Waals surface area contributed by atoms with Gasteiger partial charge in [0.2, 0.25) is 11.8 Å². The highest BCUT2D eigenvalue weighted by Crippen LogP contribution is 2.16. The average Bonchev–Trinajstić information content (AvgIpc) is 2.66. The first-order valence-corrected chi connectivity index (χ1v) is 8.80. The molecular weight excluding hydrogens is 350 g/mol. The lowest BCUT2D eigenvalue weighted by atomic mass is 10.2. The number of amides is 2. The Balaban J connectivity index is 1.79. The molecule has 0 aliphatic carbocycles. The van der Waals surface area contributed by atoms with Crippen LogP contribution in [0.25, 0.3) is 0 Å². The molecule has 0 radical (unpaired) electrons. The number of nitrogens with one attached hydrogen (secondary N) is 2. The van der Waals surface area contributed by atoms with Crippen molar-refractivity contribution in [3.8, 4) is 0 Å². The largest absolute Gasteiger partial charge is 0.352 e. The summed E-state index contributed by atoms with van der Waals surface area (Å²) >= 11 is 0. The van der Waals surface area contributed by atoms with Crippen LogP contribution in [0.4, 0.5) is 11.4 Å². The number of rotatable bonds is 8. The number of piperazine rings is 1. The lowest BCUT2D eigenvalue weighted by molar-refractivity contribution is -0.384.